The highest BCUT2D eigenvalue weighted by Crippen LogP contribution is 2.06. The van der Waals surface area contributed by atoms with Gasteiger partial charge in [0.2, 0.25) is 12.0 Å². The molecular weight excluding hydrogens is 360 g/mol. The fourth-order valence-electron chi connectivity index (χ4n) is 1.58. The fraction of sp³-hybridized carbons (Fsp3) is 0.692. The Morgan fingerprint density at radius 1 is 1.25 bits per heavy atom. The van der Waals surface area contributed by atoms with E-state index in [9.17, 15) is 19.2 Å². The van der Waals surface area contributed by atoms with E-state index in [0.29, 0.717) is 0 Å². The number of carbonyl (C=O) groups excluding carboxylic acids is 2. The molecule has 1 amide bonds. The molecule has 0 bridgehead atoms. The third-order valence-electron chi connectivity index (χ3n) is 2.89. The minimum Gasteiger partial charge on any atom is -0.480 e. The number of aliphatic carboxylic acids is 2. The quantitative estimate of drug-likeness (QED) is 0.218. The minimum atomic E-state index is -1.31. The first kappa shape index (κ1) is 22.5. The van der Waals surface area contributed by atoms with Gasteiger partial charge in [-0.2, -0.15) is 24.4 Å². The van der Waals surface area contributed by atoms with Gasteiger partial charge in [0.05, 0.1) is 0 Å². The summed E-state index contributed by atoms with van der Waals surface area (Å²) in [5.41, 5.74) is 5.31. The Morgan fingerprint density at radius 2 is 1.88 bits per heavy atom. The molecule has 0 rings (SSSR count). The molecule has 0 aliphatic carbocycles. The van der Waals surface area contributed by atoms with Gasteiger partial charge in [0.1, 0.15) is 12.1 Å². The summed E-state index contributed by atoms with van der Waals surface area (Å²) >= 11 is 5.15. The van der Waals surface area contributed by atoms with E-state index in [1.165, 1.54) is 11.8 Å². The standard InChI is InChI=1S/C13H22N2O7S2/c1-24-6-9(12(19)20)22-13(21)8(5-23)15-10(16)4-2-3-7(14)11(17)18/h7-9,23H,2-6,14H2,1H3,(H,15,16)(H,17,18)(H,19,20)/t7-,8-,9+/m0/s1. The van der Waals surface area contributed by atoms with Gasteiger partial charge in [-0.1, -0.05) is 0 Å². The van der Waals surface area contributed by atoms with Crippen LogP contribution in [0.3, 0.4) is 0 Å². The average Bonchev–Trinajstić information content (AvgIpc) is 2.51. The lowest BCUT2D eigenvalue weighted by atomic mass is 10.1. The Morgan fingerprint density at radius 3 is 2.33 bits per heavy atom. The largest absolute Gasteiger partial charge is 0.480 e. The Kier molecular flexibility index (Phi) is 11.3. The predicted octanol–water partition coefficient (Wildman–Crippen LogP) is -0.657. The van der Waals surface area contributed by atoms with Gasteiger partial charge in [-0.25, -0.2) is 9.59 Å². The van der Waals surface area contributed by atoms with Crippen molar-refractivity contribution in [3.8, 4) is 0 Å². The molecule has 24 heavy (non-hydrogen) atoms. The highest BCUT2D eigenvalue weighted by atomic mass is 32.2. The molecule has 0 unspecified atom stereocenters. The summed E-state index contributed by atoms with van der Waals surface area (Å²) in [6.45, 7) is 0. The van der Waals surface area contributed by atoms with Crippen molar-refractivity contribution in [2.75, 3.05) is 17.8 Å². The van der Waals surface area contributed by atoms with Gasteiger partial charge < -0.3 is 26.0 Å². The zero-order valence-corrected chi connectivity index (χ0v) is 14.8. The third kappa shape index (κ3) is 8.99. The van der Waals surface area contributed by atoms with Crippen LogP contribution in [0.15, 0.2) is 0 Å². The normalized spacial score (nSPS) is 14.3. The Balaban J connectivity index is 4.41. The predicted molar refractivity (Wildman–Crippen MR) is 91.1 cm³/mol. The number of rotatable bonds is 12. The van der Waals surface area contributed by atoms with E-state index in [1.54, 1.807) is 6.26 Å². The molecule has 0 fully saturated rings. The van der Waals surface area contributed by atoms with Gasteiger partial charge in [-0.3, -0.25) is 9.59 Å². The third-order valence-corrected chi connectivity index (χ3v) is 3.89. The molecule has 11 heteroatoms. The van der Waals surface area contributed by atoms with Crippen LogP contribution in [0.25, 0.3) is 0 Å². The van der Waals surface area contributed by atoms with Crippen LogP contribution in [0.5, 0.6) is 0 Å². The second-order valence-corrected chi connectivity index (χ2v) is 6.13. The molecule has 0 aromatic carbocycles. The monoisotopic (exact) mass is 382 g/mol. The lowest BCUT2D eigenvalue weighted by Gasteiger charge is -2.19. The Bertz CT molecular complexity index is 462. The molecule has 0 aliphatic heterocycles. The van der Waals surface area contributed by atoms with Crippen molar-refractivity contribution in [3.63, 3.8) is 0 Å². The first-order chi connectivity index (χ1) is 11.2. The summed E-state index contributed by atoms with van der Waals surface area (Å²) in [4.78, 5) is 45.2. The van der Waals surface area contributed by atoms with E-state index in [0.717, 1.165) is 0 Å². The molecular formula is C13H22N2O7S2. The number of nitrogens with one attached hydrogen (secondary N) is 1. The highest BCUT2D eigenvalue weighted by Gasteiger charge is 2.27. The van der Waals surface area contributed by atoms with E-state index in [-0.39, 0.29) is 30.8 Å². The van der Waals surface area contributed by atoms with Gasteiger partial charge in [-0.15, -0.1) is 0 Å². The number of thioether (sulfide) groups is 1. The maximum absolute atomic E-state index is 11.9. The summed E-state index contributed by atoms with van der Waals surface area (Å²) in [7, 11) is 0. The molecule has 5 N–H and O–H groups in total. The molecule has 0 aromatic heterocycles. The molecule has 0 saturated heterocycles. The zero-order valence-electron chi connectivity index (χ0n) is 13.1. The molecule has 138 valence electrons. The fourth-order valence-corrected chi connectivity index (χ4v) is 2.33. The number of carboxylic acids is 2. The van der Waals surface area contributed by atoms with Crippen LogP contribution in [0.1, 0.15) is 19.3 Å². The Labute approximate surface area is 149 Å². The van der Waals surface area contributed by atoms with Crippen molar-refractivity contribution < 1.29 is 34.1 Å². The first-order valence-electron chi connectivity index (χ1n) is 7.03. The van der Waals surface area contributed by atoms with Crippen LogP contribution in [0.2, 0.25) is 0 Å². The SMILES string of the molecule is CSC[C@@H](OC(=O)[C@H](CS)NC(=O)CCC[C@H](N)C(=O)O)C(=O)O. The molecule has 0 aromatic rings. The van der Waals surface area contributed by atoms with Gasteiger partial charge in [-0.05, 0) is 19.1 Å². The van der Waals surface area contributed by atoms with Crippen LogP contribution in [-0.4, -0.2) is 70.0 Å². The second-order valence-electron chi connectivity index (χ2n) is 4.86. The van der Waals surface area contributed by atoms with Gasteiger partial charge >= 0.3 is 17.9 Å². The van der Waals surface area contributed by atoms with E-state index < -0.39 is 42.0 Å². The number of amides is 1. The maximum atomic E-state index is 11.9. The number of esters is 1. The van der Waals surface area contributed by atoms with Crippen LogP contribution < -0.4 is 11.1 Å². The topological polar surface area (TPSA) is 156 Å². The van der Waals surface area contributed by atoms with Crippen molar-refractivity contribution in [1.29, 1.82) is 0 Å². The number of ether oxygens (including phenoxy) is 1. The minimum absolute atomic E-state index is 0.0221. The zero-order chi connectivity index (χ0) is 18.7. The molecule has 3 atom stereocenters. The number of hydrogen-bond donors (Lipinski definition) is 5. The van der Waals surface area contributed by atoms with Gasteiger partial charge in [0.15, 0.2) is 0 Å². The van der Waals surface area contributed by atoms with Crippen molar-refractivity contribution >= 4 is 48.2 Å². The van der Waals surface area contributed by atoms with Crippen molar-refractivity contribution in [2.45, 2.75) is 37.5 Å². The summed E-state index contributed by atoms with van der Waals surface area (Å²) in [6, 6.07) is -2.14. The smallest absolute Gasteiger partial charge is 0.345 e. The van der Waals surface area contributed by atoms with E-state index in [4.69, 9.17) is 20.7 Å². The number of carboxylic acid groups (broad SMARTS) is 2. The maximum Gasteiger partial charge on any atom is 0.345 e. The van der Waals surface area contributed by atoms with E-state index >= 15 is 0 Å². The lowest BCUT2D eigenvalue weighted by molar-refractivity contribution is -0.163. The molecule has 0 aliphatic rings. The number of hydrogen-bond acceptors (Lipinski definition) is 8. The van der Waals surface area contributed by atoms with Crippen LogP contribution >= 0.6 is 24.4 Å². The van der Waals surface area contributed by atoms with Gasteiger partial charge in [0, 0.05) is 17.9 Å². The lowest BCUT2D eigenvalue weighted by Crippen LogP contribution is -2.45. The molecule has 0 spiro atoms. The van der Waals surface area contributed by atoms with Crippen LogP contribution in [0.4, 0.5) is 0 Å². The van der Waals surface area contributed by atoms with Crippen molar-refractivity contribution in [2.24, 2.45) is 5.73 Å². The van der Waals surface area contributed by atoms with Gasteiger partial charge in [0.25, 0.3) is 0 Å². The second kappa shape index (κ2) is 12.0. The number of nitrogens with two attached hydrogens (primary N) is 1. The molecule has 0 saturated carbocycles. The number of carbonyl (C=O) groups is 4. The molecule has 0 heterocycles. The van der Waals surface area contributed by atoms with E-state index in [1.807, 2.05) is 0 Å². The average molecular weight is 382 g/mol. The molecule has 9 nitrogen and oxygen atoms in total. The first-order valence-corrected chi connectivity index (χ1v) is 9.06. The van der Waals surface area contributed by atoms with Crippen molar-refractivity contribution in [3.05, 3.63) is 0 Å². The number of thiol groups is 1. The summed E-state index contributed by atoms with van der Waals surface area (Å²) in [5, 5.41) is 20.0. The summed E-state index contributed by atoms with van der Waals surface area (Å²) in [6.07, 6.45) is 0.695. The van der Waals surface area contributed by atoms with Crippen LogP contribution in [0, 0.1) is 0 Å². The highest BCUT2D eigenvalue weighted by molar-refractivity contribution is 7.98. The summed E-state index contributed by atoms with van der Waals surface area (Å²) < 4.78 is 4.86. The van der Waals surface area contributed by atoms with E-state index in [2.05, 4.69) is 17.9 Å². The Hall–Kier alpha value is -1.46. The summed E-state index contributed by atoms with van der Waals surface area (Å²) in [5.74, 6) is -3.79. The van der Waals surface area contributed by atoms with Crippen LogP contribution in [-0.2, 0) is 23.9 Å². The van der Waals surface area contributed by atoms with Crippen molar-refractivity contribution in [1.82, 2.24) is 5.32 Å². The molecule has 0 radical (unpaired) electrons.